The number of carbonyl (C=O) groups is 1. The first kappa shape index (κ1) is 12.3. The van der Waals surface area contributed by atoms with Crippen molar-refractivity contribution in [2.45, 2.75) is 13.3 Å². The average molecular weight is 250 g/mol. The highest BCUT2D eigenvalue weighted by Crippen LogP contribution is 2.32. The van der Waals surface area contributed by atoms with E-state index in [4.69, 9.17) is 5.11 Å². The van der Waals surface area contributed by atoms with Crippen molar-refractivity contribution in [2.24, 2.45) is 5.92 Å². The van der Waals surface area contributed by atoms with Crippen LogP contribution in [-0.4, -0.2) is 29.1 Å². The predicted octanol–water partition coefficient (Wildman–Crippen LogP) is 2.14. The van der Waals surface area contributed by atoms with Crippen LogP contribution in [0, 0.1) is 16.0 Å². The summed E-state index contributed by atoms with van der Waals surface area (Å²) in [5, 5.41) is 19.9. The minimum Gasteiger partial charge on any atom is -0.478 e. The molecule has 96 valence electrons. The first-order chi connectivity index (χ1) is 8.49. The van der Waals surface area contributed by atoms with E-state index >= 15 is 0 Å². The van der Waals surface area contributed by atoms with Gasteiger partial charge in [0.1, 0.15) is 5.69 Å². The molecule has 6 nitrogen and oxygen atoms in total. The van der Waals surface area contributed by atoms with E-state index in [1.807, 2.05) is 4.90 Å². The second kappa shape index (κ2) is 4.64. The lowest BCUT2D eigenvalue weighted by molar-refractivity contribution is -0.384. The third kappa shape index (κ3) is 2.27. The summed E-state index contributed by atoms with van der Waals surface area (Å²) >= 11 is 0. The van der Waals surface area contributed by atoms with E-state index in [0.29, 0.717) is 11.6 Å². The first-order valence-corrected chi connectivity index (χ1v) is 5.75. The van der Waals surface area contributed by atoms with E-state index in [2.05, 4.69) is 6.92 Å². The maximum atomic E-state index is 11.0. The van der Waals surface area contributed by atoms with Crippen molar-refractivity contribution >= 4 is 17.3 Å². The molecule has 0 radical (unpaired) electrons. The van der Waals surface area contributed by atoms with Gasteiger partial charge >= 0.3 is 5.97 Å². The average Bonchev–Trinajstić information content (AvgIpc) is 2.74. The summed E-state index contributed by atoms with van der Waals surface area (Å²) in [6.45, 7) is 3.53. The fourth-order valence-corrected chi connectivity index (χ4v) is 2.22. The summed E-state index contributed by atoms with van der Waals surface area (Å²) in [5.41, 5.74) is 0.452. The molecule has 18 heavy (non-hydrogen) atoms. The van der Waals surface area contributed by atoms with Crippen LogP contribution in [0.5, 0.6) is 0 Å². The van der Waals surface area contributed by atoms with Gasteiger partial charge in [-0.3, -0.25) is 10.1 Å². The van der Waals surface area contributed by atoms with Gasteiger partial charge in [0.05, 0.1) is 10.5 Å². The Kier molecular flexibility index (Phi) is 3.18. The Bertz CT molecular complexity index is 501. The molecular formula is C12H14N2O4. The number of carboxylic acids is 1. The molecule has 0 saturated carbocycles. The Labute approximate surface area is 104 Å². The van der Waals surface area contributed by atoms with Crippen LogP contribution in [0.1, 0.15) is 23.7 Å². The summed E-state index contributed by atoms with van der Waals surface area (Å²) < 4.78 is 0. The number of nitro benzene ring substituents is 1. The third-order valence-corrected chi connectivity index (χ3v) is 3.18. The molecule has 2 rings (SSSR count). The summed E-state index contributed by atoms with van der Waals surface area (Å²) in [4.78, 5) is 23.3. The van der Waals surface area contributed by atoms with E-state index < -0.39 is 10.9 Å². The number of hydrogen-bond donors (Lipinski definition) is 1. The molecule has 6 heteroatoms. The van der Waals surface area contributed by atoms with Crippen molar-refractivity contribution in [3.8, 4) is 0 Å². The molecule has 1 saturated heterocycles. The molecule has 0 aromatic heterocycles. The van der Waals surface area contributed by atoms with Crippen LogP contribution in [0.3, 0.4) is 0 Å². The van der Waals surface area contributed by atoms with Crippen LogP contribution in [-0.2, 0) is 0 Å². The van der Waals surface area contributed by atoms with Crippen molar-refractivity contribution in [3.05, 3.63) is 33.9 Å². The lowest BCUT2D eigenvalue weighted by Crippen LogP contribution is -2.20. The molecule has 1 heterocycles. The topological polar surface area (TPSA) is 83.7 Å². The van der Waals surface area contributed by atoms with Crippen molar-refractivity contribution in [3.63, 3.8) is 0 Å². The molecule has 1 N–H and O–H groups in total. The highest BCUT2D eigenvalue weighted by atomic mass is 16.6. The zero-order valence-electron chi connectivity index (χ0n) is 10.00. The molecule has 1 aliphatic rings. The smallest absolute Gasteiger partial charge is 0.335 e. The summed E-state index contributed by atoms with van der Waals surface area (Å²) in [7, 11) is 0. The molecule has 1 aromatic carbocycles. The van der Waals surface area contributed by atoms with Crippen LogP contribution in [0.4, 0.5) is 11.4 Å². The summed E-state index contributed by atoms with van der Waals surface area (Å²) in [6.07, 6.45) is 0.967. The van der Waals surface area contributed by atoms with Gasteiger partial charge in [-0.05, 0) is 24.5 Å². The van der Waals surface area contributed by atoms with Crippen LogP contribution >= 0.6 is 0 Å². The van der Waals surface area contributed by atoms with Crippen LogP contribution in [0.25, 0.3) is 0 Å². The standard InChI is InChI=1S/C12H14N2O4/c1-8-4-5-13(7-8)11-6-9(12(15)16)2-3-10(11)14(17)18/h2-3,6,8H,4-5,7H2,1H3,(H,15,16). The minimum absolute atomic E-state index is 0.0332. The third-order valence-electron chi connectivity index (χ3n) is 3.18. The van der Waals surface area contributed by atoms with Gasteiger partial charge in [-0.1, -0.05) is 6.92 Å². The number of nitrogens with zero attached hydrogens (tertiary/aromatic N) is 2. The highest BCUT2D eigenvalue weighted by Gasteiger charge is 2.26. The number of benzene rings is 1. The zero-order valence-corrected chi connectivity index (χ0v) is 10.00. The SMILES string of the molecule is CC1CCN(c2cc(C(=O)O)ccc2[N+](=O)[O-])C1. The fraction of sp³-hybridized carbons (Fsp3) is 0.417. The Hall–Kier alpha value is -2.11. The number of aromatic carboxylic acids is 1. The Morgan fingerprint density at radius 3 is 2.78 bits per heavy atom. The van der Waals surface area contributed by atoms with Crippen LogP contribution in [0.15, 0.2) is 18.2 Å². The van der Waals surface area contributed by atoms with E-state index in [-0.39, 0.29) is 11.3 Å². The van der Waals surface area contributed by atoms with Gasteiger partial charge in [-0.2, -0.15) is 0 Å². The number of hydrogen-bond acceptors (Lipinski definition) is 4. The van der Waals surface area contributed by atoms with Crippen LogP contribution in [0.2, 0.25) is 0 Å². The molecule has 1 aliphatic heterocycles. The number of anilines is 1. The fourth-order valence-electron chi connectivity index (χ4n) is 2.22. The number of nitro groups is 1. The number of carboxylic acid groups (broad SMARTS) is 1. The first-order valence-electron chi connectivity index (χ1n) is 5.75. The molecule has 1 aromatic rings. The summed E-state index contributed by atoms with van der Waals surface area (Å²) in [6, 6.07) is 3.92. The van der Waals surface area contributed by atoms with E-state index in [1.54, 1.807) is 0 Å². The van der Waals surface area contributed by atoms with Crippen molar-refractivity contribution in [2.75, 3.05) is 18.0 Å². The van der Waals surface area contributed by atoms with Gasteiger partial charge < -0.3 is 10.0 Å². The quantitative estimate of drug-likeness (QED) is 0.656. The monoisotopic (exact) mass is 250 g/mol. The Morgan fingerprint density at radius 1 is 1.56 bits per heavy atom. The second-order valence-corrected chi connectivity index (χ2v) is 4.61. The molecule has 0 aliphatic carbocycles. The molecule has 1 fully saturated rings. The van der Waals surface area contributed by atoms with E-state index in [9.17, 15) is 14.9 Å². The van der Waals surface area contributed by atoms with Gasteiger partial charge in [0.2, 0.25) is 0 Å². The minimum atomic E-state index is -1.07. The molecular weight excluding hydrogens is 236 g/mol. The lowest BCUT2D eigenvalue weighted by Gasteiger charge is -2.18. The molecule has 1 unspecified atom stereocenters. The van der Waals surface area contributed by atoms with Gasteiger partial charge in [-0.25, -0.2) is 4.79 Å². The summed E-state index contributed by atoms with van der Waals surface area (Å²) in [5.74, 6) is -0.600. The van der Waals surface area contributed by atoms with Gasteiger partial charge in [-0.15, -0.1) is 0 Å². The van der Waals surface area contributed by atoms with Crippen molar-refractivity contribution < 1.29 is 14.8 Å². The maximum absolute atomic E-state index is 11.0. The van der Waals surface area contributed by atoms with Crippen molar-refractivity contribution in [1.29, 1.82) is 0 Å². The van der Waals surface area contributed by atoms with E-state index in [1.165, 1.54) is 18.2 Å². The molecule has 0 spiro atoms. The Balaban J connectivity index is 2.44. The second-order valence-electron chi connectivity index (χ2n) is 4.61. The molecule has 0 amide bonds. The van der Waals surface area contributed by atoms with Gasteiger partial charge in [0.15, 0.2) is 0 Å². The zero-order chi connectivity index (χ0) is 13.3. The van der Waals surface area contributed by atoms with Crippen molar-refractivity contribution in [1.82, 2.24) is 0 Å². The normalized spacial score (nSPS) is 18.9. The predicted molar refractivity (Wildman–Crippen MR) is 66.0 cm³/mol. The highest BCUT2D eigenvalue weighted by molar-refractivity contribution is 5.90. The number of rotatable bonds is 3. The van der Waals surface area contributed by atoms with E-state index in [0.717, 1.165) is 19.5 Å². The van der Waals surface area contributed by atoms with Gasteiger partial charge in [0, 0.05) is 19.2 Å². The van der Waals surface area contributed by atoms with Crippen LogP contribution < -0.4 is 4.90 Å². The maximum Gasteiger partial charge on any atom is 0.335 e. The lowest BCUT2D eigenvalue weighted by atomic mass is 10.1. The largest absolute Gasteiger partial charge is 0.478 e. The molecule has 0 bridgehead atoms. The van der Waals surface area contributed by atoms with Gasteiger partial charge in [0.25, 0.3) is 5.69 Å². The molecule has 1 atom stereocenters. The Morgan fingerprint density at radius 2 is 2.28 bits per heavy atom.